The van der Waals surface area contributed by atoms with Gasteiger partial charge in [0.05, 0.1) is 6.61 Å². The predicted octanol–water partition coefficient (Wildman–Crippen LogP) is 6.51. The van der Waals surface area contributed by atoms with E-state index >= 15 is 0 Å². The van der Waals surface area contributed by atoms with Crippen LogP contribution in [0.1, 0.15) is 67.9 Å². The summed E-state index contributed by atoms with van der Waals surface area (Å²) in [6.45, 7) is 26.6. The summed E-state index contributed by atoms with van der Waals surface area (Å²) in [5.41, 5.74) is 1.72. The molecular formula is C32H45O4Si2. The highest BCUT2D eigenvalue weighted by Gasteiger charge is 2.64. The van der Waals surface area contributed by atoms with Gasteiger partial charge < -0.3 is 9.16 Å². The lowest BCUT2D eigenvalue weighted by Gasteiger charge is -2.53. The van der Waals surface area contributed by atoms with Crippen LogP contribution in [-0.2, 0) is 24.2 Å². The second-order valence-corrected chi connectivity index (χ2v) is 20.7. The molecule has 0 bridgehead atoms. The molecule has 4 nitrogen and oxygen atoms in total. The lowest BCUT2D eigenvalue weighted by molar-refractivity contribution is -0.139. The Bertz CT molecular complexity index is 1120. The molecule has 0 amide bonds. The van der Waals surface area contributed by atoms with Gasteiger partial charge in [-0.2, -0.15) is 0 Å². The Balaban J connectivity index is 2.95. The maximum absolute atomic E-state index is 13.0. The van der Waals surface area contributed by atoms with E-state index in [1.54, 1.807) is 6.92 Å². The highest BCUT2D eigenvalue weighted by Crippen LogP contribution is 2.53. The van der Waals surface area contributed by atoms with E-state index < -0.39 is 33.7 Å². The van der Waals surface area contributed by atoms with Crippen molar-refractivity contribution in [3.8, 4) is 0 Å². The van der Waals surface area contributed by atoms with Crippen molar-refractivity contribution in [1.29, 1.82) is 0 Å². The van der Waals surface area contributed by atoms with Crippen LogP contribution in [-0.4, -0.2) is 35.7 Å². The normalized spacial score (nSPS) is 13.8. The van der Waals surface area contributed by atoms with Crippen molar-refractivity contribution in [2.45, 2.75) is 83.5 Å². The third-order valence-electron chi connectivity index (χ3n) is 7.51. The molecule has 0 saturated carbocycles. The molecule has 0 fully saturated rings. The summed E-state index contributed by atoms with van der Waals surface area (Å²) in [5, 5.41) is 2.37. The van der Waals surface area contributed by atoms with Crippen LogP contribution >= 0.6 is 0 Å². The second kappa shape index (κ2) is 12.4. The number of ether oxygens (including phenoxy) is 1. The first-order valence-corrected chi connectivity index (χ1v) is 16.9. The fraction of sp³-hybridized carbons (Fsp3) is 0.438. The van der Waals surface area contributed by atoms with Gasteiger partial charge in [0.2, 0.25) is 0 Å². The van der Waals surface area contributed by atoms with Crippen molar-refractivity contribution in [1.82, 2.24) is 0 Å². The van der Waals surface area contributed by atoms with Crippen LogP contribution in [0.5, 0.6) is 0 Å². The van der Waals surface area contributed by atoms with E-state index in [9.17, 15) is 9.59 Å². The summed E-state index contributed by atoms with van der Waals surface area (Å²) >= 11 is 0. The molecule has 1 unspecified atom stereocenters. The van der Waals surface area contributed by atoms with Crippen molar-refractivity contribution >= 4 is 39.4 Å². The van der Waals surface area contributed by atoms with Gasteiger partial charge in [0, 0.05) is 16.3 Å². The maximum Gasteiger partial charge on any atom is 0.333 e. The van der Waals surface area contributed by atoms with Crippen molar-refractivity contribution in [3.63, 3.8) is 0 Å². The van der Waals surface area contributed by atoms with Crippen LogP contribution in [0.3, 0.4) is 0 Å². The minimum absolute atomic E-state index is 0.0202. The monoisotopic (exact) mass is 549 g/mol. The van der Waals surface area contributed by atoms with Gasteiger partial charge in [-0.05, 0) is 29.0 Å². The van der Waals surface area contributed by atoms with Crippen LogP contribution in [0.4, 0.5) is 0 Å². The van der Waals surface area contributed by atoms with E-state index in [2.05, 4.69) is 105 Å². The van der Waals surface area contributed by atoms with E-state index in [4.69, 9.17) is 9.16 Å². The first kappa shape index (κ1) is 31.5. The summed E-state index contributed by atoms with van der Waals surface area (Å²) < 4.78 is 11.9. The number of carbonyl (C=O) groups is 2. The Morgan fingerprint density at radius 1 is 0.921 bits per heavy atom. The van der Waals surface area contributed by atoms with Crippen LogP contribution < -0.4 is 10.4 Å². The van der Waals surface area contributed by atoms with Crippen molar-refractivity contribution < 1.29 is 18.8 Å². The van der Waals surface area contributed by atoms with E-state index in [1.165, 1.54) is 22.0 Å². The smallest absolute Gasteiger partial charge is 0.333 e. The first-order valence-electron chi connectivity index (χ1n) is 13.3. The molecule has 0 saturated heterocycles. The number of hydrogen-bond donors (Lipinski definition) is 0. The first-order chi connectivity index (χ1) is 17.6. The number of carbonyl (C=O) groups excluding carboxylic acids is 2. The van der Waals surface area contributed by atoms with Gasteiger partial charge in [0.15, 0.2) is 0 Å². The molecule has 205 valence electrons. The Morgan fingerprint density at radius 2 is 1.42 bits per heavy atom. The highest BCUT2D eigenvalue weighted by molar-refractivity contribution is 7.02. The van der Waals surface area contributed by atoms with Gasteiger partial charge in [-0.15, -0.1) is 0 Å². The predicted molar refractivity (Wildman–Crippen MR) is 163 cm³/mol. The minimum Gasteiger partial charge on any atom is -0.515 e. The van der Waals surface area contributed by atoms with Crippen LogP contribution in [0.2, 0.25) is 15.7 Å². The second-order valence-electron chi connectivity index (χ2n) is 12.0. The molecule has 0 N–H and O–H groups in total. The number of rotatable bonds is 11. The molecule has 2 rings (SSSR count). The van der Waals surface area contributed by atoms with Gasteiger partial charge in [-0.25, -0.2) is 9.59 Å². The third-order valence-corrected chi connectivity index (χ3v) is 18.3. The lowest BCUT2D eigenvalue weighted by Crippen LogP contribution is -2.68. The van der Waals surface area contributed by atoms with Crippen LogP contribution in [0.15, 0.2) is 79.4 Å². The molecule has 0 spiro atoms. The Kier molecular flexibility index (Phi) is 10.3. The zero-order valence-corrected chi connectivity index (χ0v) is 26.7. The summed E-state index contributed by atoms with van der Waals surface area (Å²) in [7, 11) is -4.73. The fourth-order valence-corrected chi connectivity index (χ4v) is 18.2. The number of benzene rings is 2. The summed E-state index contributed by atoms with van der Waals surface area (Å²) in [4.78, 5) is 25.7. The summed E-state index contributed by atoms with van der Waals surface area (Å²) in [5.74, 6) is -0.854. The maximum atomic E-state index is 13.0. The van der Waals surface area contributed by atoms with E-state index in [0.29, 0.717) is 5.57 Å². The van der Waals surface area contributed by atoms with E-state index in [-0.39, 0.29) is 23.1 Å². The molecule has 0 aliphatic rings. The Morgan fingerprint density at radius 3 is 1.84 bits per heavy atom. The molecule has 38 heavy (non-hydrogen) atoms. The number of hydrogen-bond acceptors (Lipinski definition) is 4. The molecule has 1 atom stereocenters. The molecule has 0 heterocycles. The molecule has 2 aromatic rings. The van der Waals surface area contributed by atoms with Crippen molar-refractivity contribution in [2.75, 3.05) is 6.61 Å². The van der Waals surface area contributed by atoms with Gasteiger partial charge in [-0.1, -0.05) is 134 Å². The molecule has 6 heteroatoms. The third kappa shape index (κ3) is 6.46. The molecule has 2 aromatic carbocycles. The molecule has 0 aromatic heterocycles. The van der Waals surface area contributed by atoms with Crippen molar-refractivity contribution in [3.05, 3.63) is 85.0 Å². The topological polar surface area (TPSA) is 52.6 Å². The fourth-order valence-electron chi connectivity index (χ4n) is 5.76. The van der Waals surface area contributed by atoms with Crippen LogP contribution in [0, 0.1) is 0 Å². The number of esters is 1. The van der Waals surface area contributed by atoms with Gasteiger partial charge in [0.25, 0.3) is 8.32 Å². The average Bonchev–Trinajstić information content (AvgIpc) is 2.85. The highest BCUT2D eigenvalue weighted by atomic mass is 28.4. The lowest BCUT2D eigenvalue weighted by atomic mass is 9.87. The van der Waals surface area contributed by atoms with E-state index in [1.807, 2.05) is 18.2 Å². The Labute approximate surface area is 232 Å². The quantitative estimate of drug-likeness (QED) is 0.182. The van der Waals surface area contributed by atoms with E-state index in [0.717, 1.165) is 0 Å². The summed E-state index contributed by atoms with van der Waals surface area (Å²) in [6.07, 6.45) is 1.25. The largest absolute Gasteiger partial charge is 0.515 e. The summed E-state index contributed by atoms with van der Waals surface area (Å²) in [6, 6.07) is 19.3. The molecular weight excluding hydrogens is 505 g/mol. The molecule has 1 radical (unpaired) electrons. The standard InChI is InChI=1S/C32H45O4Si2/c1-12-29(33)36-38(24(4)5,25(6)7)32(11,22-35-30(34)23(2)3)37(27-16-14-13-15-17-27)28-20-18-26(19-21-28)31(8,9)10/h12-21,24-25H,1-2,22H2,3-11H3. The zero-order valence-electron chi connectivity index (χ0n) is 24.7. The Hall–Kier alpha value is -2.71. The van der Waals surface area contributed by atoms with Crippen molar-refractivity contribution in [2.24, 2.45) is 0 Å². The van der Waals surface area contributed by atoms with Gasteiger partial charge in [-0.3, -0.25) is 0 Å². The zero-order chi connectivity index (χ0) is 28.9. The van der Waals surface area contributed by atoms with Gasteiger partial charge >= 0.3 is 11.9 Å². The molecule has 0 aliphatic heterocycles. The minimum atomic E-state index is -3.05. The van der Waals surface area contributed by atoms with Crippen LogP contribution in [0.25, 0.3) is 0 Å². The van der Waals surface area contributed by atoms with Gasteiger partial charge in [0.1, 0.15) is 8.80 Å². The molecule has 0 aliphatic carbocycles. The average molecular weight is 550 g/mol. The SMILES string of the molecule is C=CC(=O)O[Si](C(C)C)(C(C)C)C(C)(COC(=O)C(=C)C)[Si](c1ccccc1)c1ccc(C(C)(C)C)cc1.